The molecule has 9 heteroatoms. The monoisotopic (exact) mass is 474 g/mol. The minimum atomic E-state index is -3.52. The molecule has 1 aliphatic rings. The summed E-state index contributed by atoms with van der Waals surface area (Å²) in [5, 5.41) is 0. The SMILES string of the molecule is CN(C)CCN(Cc1ccccc1F)C(=O)CCCCCN=C1NS(=O)(=O)c2ccccc21. The van der Waals surface area contributed by atoms with E-state index in [0.717, 1.165) is 12.8 Å². The van der Waals surface area contributed by atoms with E-state index in [9.17, 15) is 17.6 Å². The summed E-state index contributed by atoms with van der Waals surface area (Å²) in [7, 11) is 0.357. The van der Waals surface area contributed by atoms with Crippen LogP contribution in [0.25, 0.3) is 0 Å². The second-order valence-corrected chi connectivity index (χ2v) is 10.0. The number of hydrogen-bond donors (Lipinski definition) is 1. The predicted molar refractivity (Wildman–Crippen MR) is 127 cm³/mol. The number of fused-ring (bicyclic) bond motifs is 1. The Bertz CT molecular complexity index is 1100. The summed E-state index contributed by atoms with van der Waals surface area (Å²) in [6, 6.07) is 13.3. The van der Waals surface area contributed by atoms with E-state index in [1.54, 1.807) is 47.4 Å². The lowest BCUT2D eigenvalue weighted by Crippen LogP contribution is -2.36. The van der Waals surface area contributed by atoms with Crippen LogP contribution in [0.5, 0.6) is 0 Å². The van der Waals surface area contributed by atoms with Gasteiger partial charge in [-0.15, -0.1) is 0 Å². The van der Waals surface area contributed by atoms with Gasteiger partial charge < -0.3 is 9.80 Å². The van der Waals surface area contributed by atoms with Crippen molar-refractivity contribution in [1.29, 1.82) is 0 Å². The number of amidine groups is 1. The fraction of sp³-hybridized carbons (Fsp3) is 0.417. The first-order valence-electron chi connectivity index (χ1n) is 11.1. The van der Waals surface area contributed by atoms with Crippen molar-refractivity contribution in [1.82, 2.24) is 14.5 Å². The van der Waals surface area contributed by atoms with Crippen molar-refractivity contribution in [3.05, 3.63) is 65.5 Å². The average molecular weight is 475 g/mol. The van der Waals surface area contributed by atoms with E-state index in [1.165, 1.54) is 6.07 Å². The first-order valence-corrected chi connectivity index (χ1v) is 12.6. The van der Waals surface area contributed by atoms with E-state index in [-0.39, 0.29) is 23.2 Å². The lowest BCUT2D eigenvalue weighted by atomic mass is 10.1. The molecule has 3 rings (SSSR count). The van der Waals surface area contributed by atoms with Crippen molar-refractivity contribution in [3.8, 4) is 0 Å². The number of aliphatic imine (C=N–C) groups is 1. The van der Waals surface area contributed by atoms with Crippen molar-refractivity contribution in [2.24, 2.45) is 4.99 Å². The molecular weight excluding hydrogens is 443 g/mol. The van der Waals surface area contributed by atoms with Gasteiger partial charge in [-0.05, 0) is 45.1 Å². The Morgan fingerprint density at radius 3 is 2.48 bits per heavy atom. The van der Waals surface area contributed by atoms with Crippen LogP contribution in [0.1, 0.15) is 36.8 Å². The summed E-state index contributed by atoms with van der Waals surface area (Å²) in [5.74, 6) is 0.0775. The van der Waals surface area contributed by atoms with E-state index in [1.807, 2.05) is 19.0 Å². The minimum Gasteiger partial charge on any atom is -0.337 e. The molecule has 2 aromatic carbocycles. The topological polar surface area (TPSA) is 82.1 Å². The smallest absolute Gasteiger partial charge is 0.263 e. The van der Waals surface area contributed by atoms with Gasteiger partial charge in [-0.2, -0.15) is 0 Å². The number of unbranched alkanes of at least 4 members (excludes halogenated alkanes) is 2. The van der Waals surface area contributed by atoms with Gasteiger partial charge in [-0.3, -0.25) is 14.5 Å². The van der Waals surface area contributed by atoms with Gasteiger partial charge in [0.05, 0.1) is 4.90 Å². The number of nitrogens with one attached hydrogen (secondary N) is 1. The maximum absolute atomic E-state index is 14.1. The molecule has 1 heterocycles. The van der Waals surface area contributed by atoms with Crippen molar-refractivity contribution in [3.63, 3.8) is 0 Å². The van der Waals surface area contributed by atoms with Crippen LogP contribution in [0, 0.1) is 5.82 Å². The molecule has 0 atom stereocenters. The molecule has 0 radical (unpaired) electrons. The third kappa shape index (κ3) is 6.85. The number of carbonyl (C=O) groups is 1. The molecule has 33 heavy (non-hydrogen) atoms. The van der Waals surface area contributed by atoms with Crippen molar-refractivity contribution < 1.29 is 17.6 Å². The number of carbonyl (C=O) groups excluding carboxylic acids is 1. The van der Waals surface area contributed by atoms with Crippen LogP contribution in [-0.2, 0) is 21.4 Å². The summed E-state index contributed by atoms with van der Waals surface area (Å²) in [6.07, 6.45) is 2.61. The Labute approximate surface area is 195 Å². The quantitative estimate of drug-likeness (QED) is 0.508. The molecular formula is C24H31FN4O3S. The molecule has 178 valence electrons. The van der Waals surface area contributed by atoms with E-state index >= 15 is 0 Å². The molecule has 2 aromatic rings. The molecule has 0 saturated carbocycles. The molecule has 1 N–H and O–H groups in total. The van der Waals surface area contributed by atoms with Crippen LogP contribution in [0.3, 0.4) is 0 Å². The van der Waals surface area contributed by atoms with Crippen LogP contribution in [0.2, 0.25) is 0 Å². The van der Waals surface area contributed by atoms with Crippen LogP contribution >= 0.6 is 0 Å². The van der Waals surface area contributed by atoms with Gasteiger partial charge in [0.1, 0.15) is 11.7 Å². The van der Waals surface area contributed by atoms with E-state index in [2.05, 4.69) is 9.71 Å². The zero-order valence-electron chi connectivity index (χ0n) is 19.1. The molecule has 1 aliphatic heterocycles. The Morgan fingerprint density at radius 1 is 1.00 bits per heavy atom. The standard InChI is InChI=1S/C24H31FN4O3S/c1-28(2)16-17-29(18-19-10-5-7-12-21(19)25)23(30)14-4-3-9-15-26-24-20-11-6-8-13-22(20)33(31,32)27-24/h5-8,10-13H,3-4,9,14-18H2,1-2H3,(H,26,27). The van der Waals surface area contributed by atoms with Crippen LogP contribution in [0.15, 0.2) is 58.4 Å². The highest BCUT2D eigenvalue weighted by atomic mass is 32.2. The molecule has 0 fully saturated rings. The van der Waals surface area contributed by atoms with Gasteiger partial charge in [0.15, 0.2) is 0 Å². The highest BCUT2D eigenvalue weighted by Crippen LogP contribution is 2.22. The molecule has 0 unspecified atom stereocenters. The maximum atomic E-state index is 14.1. The Hall–Kier alpha value is -2.78. The number of likely N-dealkylation sites (N-methyl/N-ethyl adjacent to an activating group) is 1. The molecule has 0 bridgehead atoms. The number of sulfonamides is 1. The largest absolute Gasteiger partial charge is 0.337 e. The molecule has 0 saturated heterocycles. The summed E-state index contributed by atoms with van der Waals surface area (Å²) >= 11 is 0. The summed E-state index contributed by atoms with van der Waals surface area (Å²) in [4.78, 5) is 21.2. The van der Waals surface area contributed by atoms with E-state index in [4.69, 9.17) is 0 Å². The average Bonchev–Trinajstić information content (AvgIpc) is 3.04. The second-order valence-electron chi connectivity index (χ2n) is 8.35. The van der Waals surface area contributed by atoms with Crippen molar-refractivity contribution in [2.45, 2.75) is 37.1 Å². The number of benzene rings is 2. The Balaban J connectivity index is 1.48. The van der Waals surface area contributed by atoms with Gasteiger partial charge in [0.25, 0.3) is 10.0 Å². The van der Waals surface area contributed by atoms with Crippen molar-refractivity contribution in [2.75, 3.05) is 33.7 Å². The fourth-order valence-electron chi connectivity index (χ4n) is 3.61. The lowest BCUT2D eigenvalue weighted by molar-refractivity contribution is -0.132. The van der Waals surface area contributed by atoms with Gasteiger partial charge in [0.2, 0.25) is 5.91 Å². The highest BCUT2D eigenvalue weighted by Gasteiger charge is 2.29. The summed E-state index contributed by atoms with van der Waals surface area (Å²) < 4.78 is 40.8. The number of hydrogen-bond acceptors (Lipinski definition) is 5. The molecule has 0 aromatic heterocycles. The summed E-state index contributed by atoms with van der Waals surface area (Å²) in [6.45, 7) is 1.97. The summed E-state index contributed by atoms with van der Waals surface area (Å²) in [5.41, 5.74) is 1.11. The maximum Gasteiger partial charge on any atom is 0.263 e. The highest BCUT2D eigenvalue weighted by molar-refractivity contribution is 7.90. The van der Waals surface area contributed by atoms with Gasteiger partial charge in [0, 0.05) is 43.7 Å². The molecule has 1 amide bonds. The zero-order valence-corrected chi connectivity index (χ0v) is 19.9. The van der Waals surface area contributed by atoms with Crippen LogP contribution in [-0.4, -0.2) is 63.7 Å². The number of halogens is 1. The lowest BCUT2D eigenvalue weighted by Gasteiger charge is -2.25. The number of nitrogens with zero attached hydrogens (tertiary/aromatic N) is 3. The first-order chi connectivity index (χ1) is 15.8. The van der Waals surface area contributed by atoms with Gasteiger partial charge in [-0.1, -0.05) is 36.8 Å². The van der Waals surface area contributed by atoms with Crippen LogP contribution in [0.4, 0.5) is 4.39 Å². The Kier molecular flexibility index (Phi) is 8.57. The first kappa shape index (κ1) is 24.9. The van der Waals surface area contributed by atoms with Gasteiger partial charge >= 0.3 is 0 Å². The molecule has 7 nitrogen and oxygen atoms in total. The third-order valence-corrected chi connectivity index (χ3v) is 6.87. The number of rotatable bonds is 11. The second kappa shape index (κ2) is 11.4. The normalized spacial score (nSPS) is 15.5. The van der Waals surface area contributed by atoms with Gasteiger partial charge in [-0.25, -0.2) is 12.8 Å². The van der Waals surface area contributed by atoms with E-state index < -0.39 is 10.0 Å². The minimum absolute atomic E-state index is 0.00361. The third-order valence-electron chi connectivity index (χ3n) is 5.47. The van der Waals surface area contributed by atoms with Crippen molar-refractivity contribution >= 4 is 21.8 Å². The molecule has 0 aliphatic carbocycles. The zero-order chi connectivity index (χ0) is 23.8. The predicted octanol–water partition coefficient (Wildman–Crippen LogP) is 3.02. The number of amides is 1. The van der Waals surface area contributed by atoms with E-state index in [0.29, 0.717) is 49.4 Å². The fourth-order valence-corrected chi connectivity index (χ4v) is 4.86. The van der Waals surface area contributed by atoms with Crippen LogP contribution < -0.4 is 4.72 Å². The Morgan fingerprint density at radius 2 is 1.73 bits per heavy atom. The molecule has 0 spiro atoms.